The second-order valence-electron chi connectivity index (χ2n) is 3.42. The highest BCUT2D eigenvalue weighted by Crippen LogP contribution is 2.30. The minimum atomic E-state index is -0.400. The minimum absolute atomic E-state index is 0.400. The van der Waals surface area contributed by atoms with Gasteiger partial charge in [-0.05, 0) is 12.1 Å². The zero-order chi connectivity index (χ0) is 11.0. The van der Waals surface area contributed by atoms with Crippen LogP contribution in [0.25, 0.3) is 10.2 Å². The third kappa shape index (κ3) is 1.66. The lowest BCUT2D eigenvalue weighted by molar-refractivity contribution is 0.100. The first-order valence-corrected chi connectivity index (χ1v) is 5.27. The Morgan fingerprint density at radius 1 is 1.53 bits per heavy atom. The molecule has 0 aliphatic heterocycles. The van der Waals surface area contributed by atoms with Gasteiger partial charge in [0.2, 0.25) is 0 Å². The number of nitrogens with zero attached hydrogens (tertiary/aromatic N) is 2. The van der Waals surface area contributed by atoms with Crippen LogP contribution in [-0.2, 0) is 0 Å². The van der Waals surface area contributed by atoms with Crippen molar-refractivity contribution in [2.75, 3.05) is 19.0 Å². The van der Waals surface area contributed by atoms with Gasteiger partial charge >= 0.3 is 0 Å². The molecule has 15 heavy (non-hydrogen) atoms. The molecule has 2 aromatic rings. The molecule has 0 atom stereocenters. The number of thiophene rings is 1. The monoisotopic (exact) mass is 221 g/mol. The van der Waals surface area contributed by atoms with E-state index >= 15 is 0 Å². The van der Waals surface area contributed by atoms with Crippen molar-refractivity contribution in [2.45, 2.75) is 0 Å². The predicted octanol–water partition coefficient (Wildman–Crippen LogP) is 1.46. The van der Waals surface area contributed by atoms with Crippen LogP contribution in [0.2, 0.25) is 0 Å². The zero-order valence-electron chi connectivity index (χ0n) is 8.52. The van der Waals surface area contributed by atoms with Crippen LogP contribution in [0.15, 0.2) is 18.3 Å². The Balaban J connectivity index is 2.69. The Bertz CT molecular complexity index is 518. The minimum Gasteiger partial charge on any atom is -0.377 e. The summed E-state index contributed by atoms with van der Waals surface area (Å²) < 4.78 is 0. The SMILES string of the molecule is CN(C)c1ccnc2sc(C(N)=O)cc12. The Kier molecular flexibility index (Phi) is 2.32. The number of rotatable bonds is 2. The lowest BCUT2D eigenvalue weighted by Crippen LogP contribution is -2.09. The smallest absolute Gasteiger partial charge is 0.258 e. The number of hydrogen-bond acceptors (Lipinski definition) is 4. The van der Waals surface area contributed by atoms with Gasteiger partial charge in [0.25, 0.3) is 5.91 Å². The summed E-state index contributed by atoms with van der Waals surface area (Å²) in [5.74, 6) is -0.400. The van der Waals surface area contributed by atoms with Crippen molar-refractivity contribution in [2.24, 2.45) is 5.73 Å². The molecule has 0 saturated heterocycles. The number of pyridine rings is 1. The van der Waals surface area contributed by atoms with Crippen LogP contribution in [0.5, 0.6) is 0 Å². The first-order chi connectivity index (χ1) is 7.09. The zero-order valence-corrected chi connectivity index (χ0v) is 9.34. The highest BCUT2D eigenvalue weighted by Gasteiger charge is 2.11. The summed E-state index contributed by atoms with van der Waals surface area (Å²) >= 11 is 1.32. The van der Waals surface area contributed by atoms with Crippen LogP contribution < -0.4 is 10.6 Å². The first kappa shape index (κ1) is 9.92. The van der Waals surface area contributed by atoms with Crippen molar-refractivity contribution >= 4 is 33.1 Å². The van der Waals surface area contributed by atoms with Gasteiger partial charge in [-0.2, -0.15) is 0 Å². The van der Waals surface area contributed by atoms with Crippen molar-refractivity contribution in [3.8, 4) is 0 Å². The van der Waals surface area contributed by atoms with E-state index in [1.807, 2.05) is 25.1 Å². The van der Waals surface area contributed by atoms with E-state index in [4.69, 9.17) is 5.73 Å². The van der Waals surface area contributed by atoms with Gasteiger partial charge < -0.3 is 10.6 Å². The van der Waals surface area contributed by atoms with E-state index in [0.29, 0.717) is 4.88 Å². The van der Waals surface area contributed by atoms with Crippen LogP contribution in [0.4, 0.5) is 5.69 Å². The maximum atomic E-state index is 11.0. The second-order valence-corrected chi connectivity index (χ2v) is 4.45. The number of primary amides is 1. The summed E-state index contributed by atoms with van der Waals surface area (Å²) in [6.07, 6.45) is 1.74. The molecule has 0 aliphatic rings. The van der Waals surface area contributed by atoms with Gasteiger partial charge in [-0.1, -0.05) is 0 Å². The van der Waals surface area contributed by atoms with Gasteiger partial charge in [-0.3, -0.25) is 4.79 Å². The lowest BCUT2D eigenvalue weighted by Gasteiger charge is -2.12. The van der Waals surface area contributed by atoms with Gasteiger partial charge in [-0.25, -0.2) is 4.98 Å². The molecule has 5 heteroatoms. The molecule has 0 saturated carbocycles. The fourth-order valence-corrected chi connectivity index (χ4v) is 2.31. The van der Waals surface area contributed by atoms with Crippen LogP contribution in [0, 0.1) is 0 Å². The molecule has 0 aliphatic carbocycles. The highest BCUT2D eigenvalue weighted by molar-refractivity contribution is 7.20. The summed E-state index contributed by atoms with van der Waals surface area (Å²) in [6.45, 7) is 0. The first-order valence-electron chi connectivity index (χ1n) is 4.45. The van der Waals surface area contributed by atoms with E-state index in [0.717, 1.165) is 15.9 Å². The van der Waals surface area contributed by atoms with E-state index in [9.17, 15) is 4.79 Å². The molecule has 2 rings (SSSR count). The summed E-state index contributed by atoms with van der Waals surface area (Å²) in [6, 6.07) is 3.71. The van der Waals surface area contributed by atoms with E-state index in [1.165, 1.54) is 11.3 Å². The Labute approximate surface area is 91.3 Å². The van der Waals surface area contributed by atoms with Gasteiger partial charge in [0.15, 0.2) is 0 Å². The number of anilines is 1. The molecular formula is C10H11N3OS. The molecule has 0 bridgehead atoms. The molecule has 0 spiro atoms. The van der Waals surface area contributed by atoms with E-state index < -0.39 is 5.91 Å². The summed E-state index contributed by atoms with van der Waals surface area (Å²) in [4.78, 5) is 18.6. The number of nitrogens with two attached hydrogens (primary N) is 1. The number of aromatic nitrogens is 1. The third-order valence-electron chi connectivity index (χ3n) is 2.14. The van der Waals surface area contributed by atoms with Gasteiger partial charge in [0.1, 0.15) is 4.83 Å². The molecule has 78 valence electrons. The number of fused-ring (bicyclic) bond motifs is 1. The summed E-state index contributed by atoms with van der Waals surface area (Å²) in [7, 11) is 3.91. The molecular weight excluding hydrogens is 210 g/mol. The Hall–Kier alpha value is -1.62. The summed E-state index contributed by atoms with van der Waals surface area (Å²) in [5.41, 5.74) is 6.28. The average molecular weight is 221 g/mol. The molecule has 2 N–H and O–H groups in total. The molecule has 2 aromatic heterocycles. The van der Waals surface area contributed by atoms with Crippen molar-refractivity contribution in [3.05, 3.63) is 23.2 Å². The Morgan fingerprint density at radius 3 is 2.87 bits per heavy atom. The molecule has 1 amide bonds. The van der Waals surface area contributed by atoms with Crippen molar-refractivity contribution < 1.29 is 4.79 Å². The van der Waals surface area contributed by atoms with Crippen LogP contribution in [0.1, 0.15) is 9.67 Å². The molecule has 4 nitrogen and oxygen atoms in total. The van der Waals surface area contributed by atoms with Gasteiger partial charge in [0.05, 0.1) is 4.88 Å². The van der Waals surface area contributed by atoms with Crippen LogP contribution in [-0.4, -0.2) is 25.0 Å². The van der Waals surface area contributed by atoms with E-state index in [-0.39, 0.29) is 0 Å². The van der Waals surface area contributed by atoms with Crippen LogP contribution in [0.3, 0.4) is 0 Å². The van der Waals surface area contributed by atoms with Crippen molar-refractivity contribution in [1.29, 1.82) is 0 Å². The van der Waals surface area contributed by atoms with Gasteiger partial charge in [0, 0.05) is 31.4 Å². The van der Waals surface area contributed by atoms with E-state index in [2.05, 4.69) is 4.98 Å². The maximum absolute atomic E-state index is 11.0. The van der Waals surface area contributed by atoms with Crippen molar-refractivity contribution in [3.63, 3.8) is 0 Å². The summed E-state index contributed by atoms with van der Waals surface area (Å²) in [5, 5.41) is 0.973. The molecule has 0 aromatic carbocycles. The quantitative estimate of drug-likeness (QED) is 0.835. The lowest BCUT2D eigenvalue weighted by atomic mass is 10.2. The number of amides is 1. The Morgan fingerprint density at radius 2 is 2.27 bits per heavy atom. The largest absolute Gasteiger partial charge is 0.377 e. The average Bonchev–Trinajstić information content (AvgIpc) is 2.60. The second kappa shape index (κ2) is 3.51. The van der Waals surface area contributed by atoms with E-state index in [1.54, 1.807) is 12.3 Å². The highest BCUT2D eigenvalue weighted by atomic mass is 32.1. The maximum Gasteiger partial charge on any atom is 0.258 e. The molecule has 2 heterocycles. The number of hydrogen-bond donors (Lipinski definition) is 1. The molecule has 0 unspecified atom stereocenters. The van der Waals surface area contributed by atoms with Crippen molar-refractivity contribution in [1.82, 2.24) is 4.98 Å². The standard InChI is InChI=1S/C10H11N3OS/c1-13(2)7-3-4-12-10-6(7)5-8(15-10)9(11)14/h3-5H,1-2H3,(H2,11,14). The topological polar surface area (TPSA) is 59.2 Å². The third-order valence-corrected chi connectivity index (χ3v) is 3.19. The van der Waals surface area contributed by atoms with Gasteiger partial charge in [-0.15, -0.1) is 11.3 Å². The normalized spacial score (nSPS) is 10.5. The molecule has 0 radical (unpaired) electrons. The predicted molar refractivity (Wildman–Crippen MR) is 62.5 cm³/mol. The fraction of sp³-hybridized carbons (Fsp3) is 0.200. The number of carbonyl (C=O) groups excluding carboxylic acids is 1. The van der Waals surface area contributed by atoms with Crippen LogP contribution >= 0.6 is 11.3 Å². The number of carbonyl (C=O) groups is 1. The molecule has 0 fully saturated rings. The fourth-order valence-electron chi connectivity index (χ4n) is 1.44.